The first-order valence-electron chi connectivity index (χ1n) is 7.04. The van der Waals surface area contributed by atoms with E-state index in [1.165, 1.54) is 6.07 Å². The fraction of sp³-hybridized carbons (Fsp3) is 0.294. The molecule has 0 spiro atoms. The first-order valence-corrected chi connectivity index (χ1v) is 8.27. The average molecular weight is 305 g/mol. The van der Waals surface area contributed by atoms with Gasteiger partial charge in [0, 0.05) is 11.4 Å². The summed E-state index contributed by atoms with van der Waals surface area (Å²) in [6.45, 7) is 3.71. The van der Waals surface area contributed by atoms with Gasteiger partial charge in [0.15, 0.2) is 11.6 Å². The Morgan fingerprint density at radius 1 is 1.14 bits per heavy atom. The van der Waals surface area contributed by atoms with Gasteiger partial charge < -0.3 is 10.1 Å². The molecule has 2 aromatic carbocycles. The number of benzene rings is 2. The molecule has 0 saturated heterocycles. The lowest BCUT2D eigenvalue weighted by molar-refractivity contribution is 0.433. The molecule has 112 valence electrons. The predicted molar refractivity (Wildman–Crippen MR) is 86.7 cm³/mol. The molecule has 2 aromatic rings. The van der Waals surface area contributed by atoms with Crippen LogP contribution in [0.2, 0.25) is 0 Å². The van der Waals surface area contributed by atoms with Gasteiger partial charge in [0.05, 0.1) is 0 Å². The average Bonchev–Trinajstić information content (AvgIpc) is 2.50. The molecule has 0 aliphatic carbocycles. The van der Waals surface area contributed by atoms with Crippen LogP contribution in [-0.2, 0) is 6.54 Å². The quantitative estimate of drug-likeness (QED) is 0.584. The molecule has 0 saturated carbocycles. The zero-order chi connectivity index (χ0) is 15.1. The number of thioether (sulfide) groups is 1. The molecule has 0 radical (unpaired) electrons. The molecule has 0 atom stereocenters. The smallest absolute Gasteiger partial charge is 0.166 e. The van der Waals surface area contributed by atoms with E-state index in [1.54, 1.807) is 17.8 Å². The van der Waals surface area contributed by atoms with Gasteiger partial charge in [-0.1, -0.05) is 25.1 Å². The van der Waals surface area contributed by atoms with Crippen LogP contribution < -0.4 is 10.1 Å². The number of para-hydroxylation sites is 1. The van der Waals surface area contributed by atoms with Crippen molar-refractivity contribution < 1.29 is 9.13 Å². The van der Waals surface area contributed by atoms with Crippen molar-refractivity contribution in [2.75, 3.05) is 12.8 Å². The van der Waals surface area contributed by atoms with Crippen LogP contribution in [0.4, 0.5) is 4.39 Å². The van der Waals surface area contributed by atoms with Gasteiger partial charge in [-0.15, -0.1) is 11.8 Å². The lowest BCUT2D eigenvalue weighted by atomic mass is 10.2. The van der Waals surface area contributed by atoms with E-state index < -0.39 is 0 Å². The third-order valence-electron chi connectivity index (χ3n) is 3.04. The highest BCUT2D eigenvalue weighted by Crippen LogP contribution is 2.32. The van der Waals surface area contributed by atoms with Crippen molar-refractivity contribution in [1.82, 2.24) is 5.32 Å². The maximum atomic E-state index is 14.1. The van der Waals surface area contributed by atoms with Crippen LogP contribution >= 0.6 is 11.8 Å². The van der Waals surface area contributed by atoms with E-state index in [-0.39, 0.29) is 11.6 Å². The highest BCUT2D eigenvalue weighted by atomic mass is 32.2. The first-order chi connectivity index (χ1) is 10.2. The molecule has 0 amide bonds. The summed E-state index contributed by atoms with van der Waals surface area (Å²) in [6.07, 6.45) is 3.04. The summed E-state index contributed by atoms with van der Waals surface area (Å²) in [4.78, 5) is 0.991. The van der Waals surface area contributed by atoms with Gasteiger partial charge in [-0.3, -0.25) is 0 Å². The van der Waals surface area contributed by atoms with Gasteiger partial charge in [-0.25, -0.2) is 4.39 Å². The fourth-order valence-corrected chi connectivity index (χ4v) is 2.49. The molecule has 2 rings (SSSR count). The highest BCUT2D eigenvalue weighted by molar-refractivity contribution is 7.98. The summed E-state index contributed by atoms with van der Waals surface area (Å²) < 4.78 is 19.8. The molecular formula is C17H20FNOS. The SMILES string of the molecule is CCCNCc1ccc(Oc2ccccc2SC)c(F)c1. The monoisotopic (exact) mass is 305 g/mol. The van der Waals surface area contributed by atoms with Crippen molar-refractivity contribution in [3.63, 3.8) is 0 Å². The minimum absolute atomic E-state index is 0.260. The topological polar surface area (TPSA) is 21.3 Å². The van der Waals surface area contributed by atoms with Crippen LogP contribution in [-0.4, -0.2) is 12.8 Å². The van der Waals surface area contributed by atoms with E-state index in [4.69, 9.17) is 4.74 Å². The maximum Gasteiger partial charge on any atom is 0.166 e. The van der Waals surface area contributed by atoms with Gasteiger partial charge in [0.25, 0.3) is 0 Å². The lowest BCUT2D eigenvalue weighted by Gasteiger charge is -2.11. The van der Waals surface area contributed by atoms with Crippen LogP contribution in [0.15, 0.2) is 47.4 Å². The van der Waals surface area contributed by atoms with Crippen LogP contribution in [0, 0.1) is 5.82 Å². The number of hydrogen-bond donors (Lipinski definition) is 1. The molecule has 0 heterocycles. The van der Waals surface area contributed by atoms with Crippen molar-refractivity contribution in [3.05, 3.63) is 53.8 Å². The molecular weight excluding hydrogens is 285 g/mol. The van der Waals surface area contributed by atoms with Crippen LogP contribution in [0.5, 0.6) is 11.5 Å². The molecule has 2 nitrogen and oxygen atoms in total. The normalized spacial score (nSPS) is 10.6. The molecule has 1 N–H and O–H groups in total. The van der Waals surface area contributed by atoms with Crippen molar-refractivity contribution in [3.8, 4) is 11.5 Å². The summed E-state index contributed by atoms with van der Waals surface area (Å²) >= 11 is 1.58. The minimum Gasteiger partial charge on any atom is -0.453 e. The Bertz CT molecular complexity index is 589. The number of nitrogens with one attached hydrogen (secondary N) is 1. The Hall–Kier alpha value is -1.52. The molecule has 0 fully saturated rings. The molecule has 0 aliphatic rings. The molecule has 0 bridgehead atoms. The first kappa shape index (κ1) is 15.9. The van der Waals surface area contributed by atoms with E-state index in [0.717, 1.165) is 23.4 Å². The Labute approximate surface area is 129 Å². The number of rotatable bonds is 7. The third-order valence-corrected chi connectivity index (χ3v) is 3.82. The Morgan fingerprint density at radius 3 is 2.67 bits per heavy atom. The summed E-state index contributed by atoms with van der Waals surface area (Å²) in [7, 11) is 0. The van der Waals surface area contributed by atoms with Crippen LogP contribution in [0.25, 0.3) is 0 Å². The minimum atomic E-state index is -0.332. The number of halogens is 1. The second kappa shape index (κ2) is 8.05. The molecule has 4 heteroatoms. The lowest BCUT2D eigenvalue weighted by Crippen LogP contribution is -2.13. The summed E-state index contributed by atoms with van der Waals surface area (Å²) in [6, 6.07) is 12.7. The zero-order valence-electron chi connectivity index (χ0n) is 12.4. The van der Waals surface area contributed by atoms with Crippen LogP contribution in [0.3, 0.4) is 0 Å². The standard InChI is InChI=1S/C17H20FNOS/c1-3-10-19-12-13-8-9-15(14(18)11-13)20-16-6-4-5-7-17(16)21-2/h4-9,11,19H,3,10,12H2,1-2H3. The van der Waals surface area contributed by atoms with E-state index in [2.05, 4.69) is 12.2 Å². The molecule has 0 unspecified atom stereocenters. The third kappa shape index (κ3) is 4.48. The largest absolute Gasteiger partial charge is 0.453 e. The van der Waals surface area contributed by atoms with Gasteiger partial charge in [-0.05, 0) is 49.1 Å². The maximum absolute atomic E-state index is 14.1. The van der Waals surface area contributed by atoms with E-state index in [0.29, 0.717) is 12.3 Å². The zero-order valence-corrected chi connectivity index (χ0v) is 13.2. The van der Waals surface area contributed by atoms with Crippen molar-refractivity contribution in [1.29, 1.82) is 0 Å². The Morgan fingerprint density at radius 2 is 1.95 bits per heavy atom. The second-order valence-corrected chi connectivity index (χ2v) is 5.54. The van der Waals surface area contributed by atoms with Gasteiger partial charge in [-0.2, -0.15) is 0 Å². The molecule has 0 aromatic heterocycles. The Balaban J connectivity index is 2.10. The second-order valence-electron chi connectivity index (χ2n) is 4.69. The van der Waals surface area contributed by atoms with Gasteiger partial charge in [0.2, 0.25) is 0 Å². The van der Waals surface area contributed by atoms with Gasteiger partial charge in [0.1, 0.15) is 5.75 Å². The molecule has 0 aliphatic heterocycles. The molecule has 21 heavy (non-hydrogen) atoms. The van der Waals surface area contributed by atoms with Gasteiger partial charge >= 0.3 is 0 Å². The summed E-state index contributed by atoms with van der Waals surface area (Å²) in [5.74, 6) is 0.609. The van der Waals surface area contributed by atoms with E-state index >= 15 is 0 Å². The highest BCUT2D eigenvalue weighted by Gasteiger charge is 2.08. The van der Waals surface area contributed by atoms with E-state index in [9.17, 15) is 4.39 Å². The number of ether oxygens (including phenoxy) is 1. The van der Waals surface area contributed by atoms with E-state index in [1.807, 2.05) is 36.6 Å². The Kier molecular flexibility index (Phi) is 6.08. The summed E-state index contributed by atoms with van der Waals surface area (Å²) in [5, 5.41) is 3.26. The summed E-state index contributed by atoms with van der Waals surface area (Å²) in [5.41, 5.74) is 0.923. The van der Waals surface area contributed by atoms with Crippen LogP contribution in [0.1, 0.15) is 18.9 Å². The predicted octanol–water partition coefficient (Wildman–Crippen LogP) is 4.84. The van der Waals surface area contributed by atoms with Crippen molar-refractivity contribution >= 4 is 11.8 Å². The fourth-order valence-electron chi connectivity index (χ4n) is 1.97. The van der Waals surface area contributed by atoms with Crippen molar-refractivity contribution in [2.24, 2.45) is 0 Å². The van der Waals surface area contributed by atoms with Crippen molar-refractivity contribution in [2.45, 2.75) is 24.8 Å². The number of hydrogen-bond acceptors (Lipinski definition) is 3.